The van der Waals surface area contributed by atoms with Gasteiger partial charge in [0.1, 0.15) is 5.82 Å². The topological polar surface area (TPSA) is 40.5 Å². The number of carbonyl (C=O) groups excluding carboxylic acids is 1. The molecule has 1 saturated heterocycles. The van der Waals surface area contributed by atoms with Crippen molar-refractivity contribution >= 4 is 17.5 Å². The normalized spacial score (nSPS) is 17.4. The van der Waals surface area contributed by atoms with Gasteiger partial charge in [0.05, 0.1) is 24.3 Å². The molecule has 1 amide bonds. The van der Waals surface area contributed by atoms with E-state index in [0.29, 0.717) is 6.42 Å². The van der Waals surface area contributed by atoms with Crippen molar-refractivity contribution < 1.29 is 14.3 Å². The predicted octanol–water partition coefficient (Wildman–Crippen LogP) is 2.47. The Bertz CT molecular complexity index is 472. The zero-order chi connectivity index (χ0) is 13.3. The third kappa shape index (κ3) is 2.49. The van der Waals surface area contributed by atoms with Crippen molar-refractivity contribution in [3.8, 4) is 0 Å². The minimum atomic E-state index is -0.798. The van der Waals surface area contributed by atoms with Crippen molar-refractivity contribution in [3.05, 3.63) is 34.6 Å². The van der Waals surface area contributed by atoms with Gasteiger partial charge in [0, 0.05) is 5.02 Å². The fourth-order valence-electron chi connectivity index (χ4n) is 2.26. The summed E-state index contributed by atoms with van der Waals surface area (Å²) >= 11 is 5.63. The summed E-state index contributed by atoms with van der Waals surface area (Å²) in [5.74, 6) is -1.02. The third-order valence-electron chi connectivity index (χ3n) is 3.13. The lowest BCUT2D eigenvalue weighted by atomic mass is 9.88. The van der Waals surface area contributed by atoms with Crippen molar-refractivity contribution in [1.29, 1.82) is 0 Å². The Morgan fingerprint density at radius 2 is 2.22 bits per heavy atom. The molecule has 0 aliphatic carbocycles. The number of nitrogens with zero attached hydrogens (tertiary/aromatic N) is 1. The number of rotatable bonds is 3. The summed E-state index contributed by atoms with van der Waals surface area (Å²) in [5.41, 5.74) is -0.800. The van der Waals surface area contributed by atoms with Crippen LogP contribution in [0.4, 0.5) is 4.39 Å². The average molecular weight is 272 g/mol. The molecular weight excluding hydrogens is 257 g/mol. The van der Waals surface area contributed by atoms with Gasteiger partial charge < -0.3 is 10.0 Å². The van der Waals surface area contributed by atoms with Gasteiger partial charge >= 0.3 is 0 Å². The summed E-state index contributed by atoms with van der Waals surface area (Å²) < 4.78 is 13.6. The third-order valence-corrected chi connectivity index (χ3v) is 3.37. The maximum absolute atomic E-state index is 13.6. The highest BCUT2D eigenvalue weighted by Crippen LogP contribution is 2.28. The molecule has 1 aliphatic heterocycles. The van der Waals surface area contributed by atoms with Crippen LogP contribution in [0.15, 0.2) is 18.2 Å². The fraction of sp³-hybridized carbons (Fsp3) is 0.462. The molecule has 5 heteroatoms. The van der Waals surface area contributed by atoms with Gasteiger partial charge in [0.2, 0.25) is 0 Å². The van der Waals surface area contributed by atoms with E-state index in [1.54, 1.807) is 0 Å². The van der Waals surface area contributed by atoms with E-state index in [4.69, 9.17) is 11.6 Å². The molecule has 98 valence electrons. The lowest BCUT2D eigenvalue weighted by molar-refractivity contribution is -0.0861. The number of hydrogen-bond acceptors (Lipinski definition) is 2. The summed E-state index contributed by atoms with van der Waals surface area (Å²) in [5, 5.41) is 10.2. The number of hydrogen-bond donors (Lipinski definition) is 1. The quantitative estimate of drug-likeness (QED) is 0.917. The lowest BCUT2D eigenvalue weighted by Gasteiger charge is -2.46. The first kappa shape index (κ1) is 13.3. The molecular formula is C13H15ClFNO2. The Balaban J connectivity index is 2.06. The zero-order valence-electron chi connectivity index (χ0n) is 10.1. The van der Waals surface area contributed by atoms with Gasteiger partial charge in [0.25, 0.3) is 5.91 Å². The average Bonchev–Trinajstić information content (AvgIpc) is 2.25. The van der Waals surface area contributed by atoms with Crippen LogP contribution in [0.25, 0.3) is 0 Å². The molecule has 1 aromatic rings. The Morgan fingerprint density at radius 1 is 1.56 bits per heavy atom. The molecule has 2 rings (SSSR count). The van der Waals surface area contributed by atoms with E-state index in [0.717, 1.165) is 12.5 Å². The summed E-state index contributed by atoms with van der Waals surface area (Å²) in [6, 6.07) is 3.97. The first-order chi connectivity index (χ1) is 8.45. The molecule has 1 aliphatic rings. The van der Waals surface area contributed by atoms with Crippen molar-refractivity contribution in [2.75, 3.05) is 13.1 Å². The van der Waals surface area contributed by atoms with Crippen LogP contribution < -0.4 is 0 Å². The van der Waals surface area contributed by atoms with Crippen LogP contribution in [0, 0.1) is 5.82 Å². The van der Waals surface area contributed by atoms with Gasteiger partial charge in [-0.3, -0.25) is 4.79 Å². The van der Waals surface area contributed by atoms with E-state index in [1.165, 1.54) is 17.0 Å². The number of halogens is 2. The molecule has 0 bridgehead atoms. The van der Waals surface area contributed by atoms with E-state index < -0.39 is 17.3 Å². The number of carbonyl (C=O) groups is 1. The van der Waals surface area contributed by atoms with Crippen LogP contribution in [0.5, 0.6) is 0 Å². The highest BCUT2D eigenvalue weighted by Gasteiger charge is 2.43. The fourth-order valence-corrected chi connectivity index (χ4v) is 2.42. The Kier molecular flexibility index (Phi) is 3.59. The zero-order valence-corrected chi connectivity index (χ0v) is 10.9. The van der Waals surface area contributed by atoms with Gasteiger partial charge in [-0.05, 0) is 24.6 Å². The second-order valence-corrected chi connectivity index (χ2v) is 5.20. The van der Waals surface area contributed by atoms with Crippen molar-refractivity contribution in [2.24, 2.45) is 0 Å². The van der Waals surface area contributed by atoms with Crippen molar-refractivity contribution in [1.82, 2.24) is 4.90 Å². The van der Waals surface area contributed by atoms with E-state index >= 15 is 0 Å². The Hall–Kier alpha value is -1.13. The highest BCUT2D eigenvalue weighted by atomic mass is 35.5. The Morgan fingerprint density at radius 3 is 2.78 bits per heavy atom. The first-order valence-corrected chi connectivity index (χ1v) is 6.30. The van der Waals surface area contributed by atoms with Crippen LogP contribution in [-0.2, 0) is 0 Å². The largest absolute Gasteiger partial charge is 0.386 e. The molecule has 18 heavy (non-hydrogen) atoms. The maximum Gasteiger partial charge on any atom is 0.257 e. The molecule has 0 spiro atoms. The first-order valence-electron chi connectivity index (χ1n) is 5.92. The SMILES string of the molecule is CCCC1(O)CN(C(=O)c2ccc(Cl)cc2F)C1. The smallest absolute Gasteiger partial charge is 0.257 e. The summed E-state index contributed by atoms with van der Waals surface area (Å²) in [6.45, 7) is 2.50. The highest BCUT2D eigenvalue weighted by molar-refractivity contribution is 6.30. The van der Waals surface area contributed by atoms with Gasteiger partial charge in [-0.25, -0.2) is 4.39 Å². The number of benzene rings is 1. The molecule has 1 N–H and O–H groups in total. The molecule has 1 fully saturated rings. The van der Waals surface area contributed by atoms with Crippen molar-refractivity contribution in [3.63, 3.8) is 0 Å². The number of likely N-dealkylation sites (tertiary alicyclic amines) is 1. The van der Waals surface area contributed by atoms with E-state index in [1.807, 2.05) is 6.92 Å². The lowest BCUT2D eigenvalue weighted by Crippen LogP contribution is -2.63. The molecule has 0 saturated carbocycles. The van der Waals surface area contributed by atoms with Crippen LogP contribution in [0.1, 0.15) is 30.1 Å². The monoisotopic (exact) mass is 271 g/mol. The molecule has 3 nitrogen and oxygen atoms in total. The second-order valence-electron chi connectivity index (χ2n) is 4.76. The minimum absolute atomic E-state index is 0.00190. The second kappa shape index (κ2) is 4.86. The van der Waals surface area contributed by atoms with Gasteiger partial charge in [-0.15, -0.1) is 0 Å². The summed E-state index contributed by atoms with van der Waals surface area (Å²) in [7, 11) is 0. The standard InChI is InChI=1S/C13H15ClFNO2/c1-2-5-13(18)7-16(8-13)12(17)10-4-3-9(14)6-11(10)15/h3-4,6,18H,2,5,7-8H2,1H3. The van der Waals surface area contributed by atoms with E-state index in [2.05, 4.69) is 0 Å². The maximum atomic E-state index is 13.6. The van der Waals surface area contributed by atoms with Crippen LogP contribution in [-0.4, -0.2) is 34.6 Å². The number of aliphatic hydroxyl groups is 1. The summed E-state index contributed by atoms with van der Waals surface area (Å²) in [4.78, 5) is 13.4. The van der Waals surface area contributed by atoms with Gasteiger partial charge in [0.15, 0.2) is 0 Å². The minimum Gasteiger partial charge on any atom is -0.386 e. The molecule has 0 atom stereocenters. The molecule has 0 radical (unpaired) electrons. The van der Waals surface area contributed by atoms with Gasteiger partial charge in [-0.1, -0.05) is 24.9 Å². The Labute approximate surface area is 110 Å². The van der Waals surface area contributed by atoms with Crippen LogP contribution in [0.3, 0.4) is 0 Å². The van der Waals surface area contributed by atoms with Gasteiger partial charge in [-0.2, -0.15) is 0 Å². The van der Waals surface area contributed by atoms with Crippen LogP contribution >= 0.6 is 11.6 Å². The van der Waals surface area contributed by atoms with E-state index in [-0.39, 0.29) is 23.7 Å². The number of β-amino-alcohol motifs (C(OH)–C–C–N with tert-alkyl or cyclic N) is 1. The molecule has 1 heterocycles. The predicted molar refractivity (Wildman–Crippen MR) is 67.2 cm³/mol. The molecule has 0 aromatic heterocycles. The van der Waals surface area contributed by atoms with Crippen LogP contribution in [0.2, 0.25) is 5.02 Å². The molecule has 1 aromatic carbocycles. The van der Waals surface area contributed by atoms with E-state index in [9.17, 15) is 14.3 Å². The number of amides is 1. The molecule has 0 unspecified atom stereocenters. The summed E-state index contributed by atoms with van der Waals surface area (Å²) in [6.07, 6.45) is 1.51. The van der Waals surface area contributed by atoms with Crippen molar-refractivity contribution in [2.45, 2.75) is 25.4 Å².